The van der Waals surface area contributed by atoms with Gasteiger partial charge in [-0.1, -0.05) is 23.5 Å². The number of anilines is 1. The van der Waals surface area contributed by atoms with Gasteiger partial charge in [0.15, 0.2) is 5.13 Å². The number of hydrogen-bond donors (Lipinski definition) is 1. The molecule has 0 fully saturated rings. The van der Waals surface area contributed by atoms with Crippen molar-refractivity contribution in [2.75, 3.05) is 12.4 Å². The van der Waals surface area contributed by atoms with E-state index in [4.69, 9.17) is 0 Å². The number of amides is 2. The molecule has 1 aromatic heterocycles. The molecule has 0 spiro atoms. The largest absolute Gasteiger partial charge is 0.297 e. The Morgan fingerprint density at radius 3 is 2.90 bits per heavy atom. The Morgan fingerprint density at radius 1 is 1.35 bits per heavy atom. The van der Waals surface area contributed by atoms with Crippen molar-refractivity contribution >= 4 is 44.2 Å². The molecule has 0 unspecified atom stereocenters. The molecular weight excluding hydrogens is 276 g/mol. The molecule has 7 heteroatoms. The van der Waals surface area contributed by atoms with Gasteiger partial charge in [-0.25, -0.2) is 9.99 Å². The van der Waals surface area contributed by atoms with Crippen molar-refractivity contribution in [1.82, 2.24) is 9.99 Å². The van der Waals surface area contributed by atoms with E-state index in [1.54, 1.807) is 7.05 Å². The number of fused-ring (bicyclic) bond motifs is 1. The van der Waals surface area contributed by atoms with Crippen molar-refractivity contribution in [3.63, 3.8) is 0 Å². The van der Waals surface area contributed by atoms with Crippen molar-refractivity contribution in [3.8, 4) is 0 Å². The van der Waals surface area contributed by atoms with Crippen molar-refractivity contribution in [2.24, 2.45) is 5.10 Å². The summed E-state index contributed by atoms with van der Waals surface area (Å²) in [7, 11) is 1.55. The number of hydrogen-bond acceptors (Lipinski definition) is 5. The van der Waals surface area contributed by atoms with E-state index in [0.29, 0.717) is 23.7 Å². The van der Waals surface area contributed by atoms with Crippen LogP contribution < -0.4 is 5.32 Å². The summed E-state index contributed by atoms with van der Waals surface area (Å²) in [5.41, 5.74) is 1.21. The van der Waals surface area contributed by atoms with E-state index in [1.165, 1.54) is 16.3 Å². The maximum atomic E-state index is 12.1. The highest BCUT2D eigenvalue weighted by Gasteiger charge is 2.22. The summed E-state index contributed by atoms with van der Waals surface area (Å²) in [6, 6.07) is 7.68. The first-order chi connectivity index (χ1) is 9.63. The van der Waals surface area contributed by atoms with E-state index in [0.717, 1.165) is 10.2 Å². The van der Waals surface area contributed by atoms with Gasteiger partial charge < -0.3 is 0 Å². The number of hydrazone groups is 1. The highest BCUT2D eigenvalue weighted by Crippen LogP contribution is 2.25. The molecule has 0 saturated carbocycles. The number of thiazole rings is 1. The van der Waals surface area contributed by atoms with Gasteiger partial charge in [-0.05, 0) is 12.1 Å². The summed E-state index contributed by atoms with van der Waals surface area (Å²) in [6.07, 6.45) is 0.669. The summed E-state index contributed by atoms with van der Waals surface area (Å²) < 4.78 is 1.01. The van der Waals surface area contributed by atoms with Gasteiger partial charge in [-0.2, -0.15) is 5.10 Å². The molecule has 1 N–H and O–H groups in total. The Hall–Kier alpha value is -2.28. The summed E-state index contributed by atoms with van der Waals surface area (Å²) in [6.45, 7) is 0. The Labute approximate surface area is 119 Å². The molecule has 6 nitrogen and oxygen atoms in total. The Morgan fingerprint density at radius 2 is 2.15 bits per heavy atom. The van der Waals surface area contributed by atoms with Gasteiger partial charge in [0.25, 0.3) is 5.91 Å². The topological polar surface area (TPSA) is 74.7 Å². The van der Waals surface area contributed by atoms with E-state index in [2.05, 4.69) is 15.4 Å². The number of nitrogens with zero attached hydrogens (tertiary/aromatic N) is 3. The minimum absolute atomic E-state index is 0.0819. The first-order valence-electron chi connectivity index (χ1n) is 6.14. The van der Waals surface area contributed by atoms with Gasteiger partial charge in [0.1, 0.15) is 5.71 Å². The third-order valence-electron chi connectivity index (χ3n) is 2.98. The predicted molar refractivity (Wildman–Crippen MR) is 77.7 cm³/mol. The third kappa shape index (κ3) is 2.39. The molecule has 1 aliphatic heterocycles. The zero-order chi connectivity index (χ0) is 14.1. The van der Waals surface area contributed by atoms with Crippen molar-refractivity contribution in [3.05, 3.63) is 24.3 Å². The number of para-hydroxylation sites is 1. The molecule has 2 amide bonds. The van der Waals surface area contributed by atoms with Gasteiger partial charge in [0.2, 0.25) is 5.91 Å². The summed E-state index contributed by atoms with van der Waals surface area (Å²) in [5, 5.41) is 8.46. The van der Waals surface area contributed by atoms with Gasteiger partial charge >= 0.3 is 0 Å². The molecule has 1 aliphatic rings. The molecule has 20 heavy (non-hydrogen) atoms. The zero-order valence-corrected chi connectivity index (χ0v) is 11.6. The average molecular weight is 288 g/mol. The zero-order valence-electron chi connectivity index (χ0n) is 10.8. The molecular formula is C13H12N4O2S. The molecule has 0 aliphatic carbocycles. The average Bonchev–Trinajstić information content (AvgIpc) is 2.83. The summed E-state index contributed by atoms with van der Waals surface area (Å²) in [4.78, 5) is 27.7. The van der Waals surface area contributed by atoms with E-state index in [-0.39, 0.29) is 11.8 Å². The van der Waals surface area contributed by atoms with Crippen LogP contribution in [0, 0.1) is 0 Å². The quantitative estimate of drug-likeness (QED) is 0.916. The predicted octanol–water partition coefficient (Wildman–Crippen LogP) is 1.84. The van der Waals surface area contributed by atoms with Crippen LogP contribution >= 0.6 is 11.3 Å². The van der Waals surface area contributed by atoms with Crippen LogP contribution in [0.4, 0.5) is 5.13 Å². The molecule has 2 aromatic rings. The molecule has 1 aromatic carbocycles. The van der Waals surface area contributed by atoms with Gasteiger partial charge in [-0.3, -0.25) is 14.9 Å². The fourth-order valence-electron chi connectivity index (χ4n) is 1.93. The molecule has 0 atom stereocenters. The second kappa shape index (κ2) is 5.01. The van der Waals surface area contributed by atoms with Gasteiger partial charge in [0, 0.05) is 19.9 Å². The van der Waals surface area contributed by atoms with E-state index < -0.39 is 0 Å². The van der Waals surface area contributed by atoms with Crippen LogP contribution in [0.15, 0.2) is 29.4 Å². The van der Waals surface area contributed by atoms with Crippen molar-refractivity contribution < 1.29 is 9.59 Å². The highest BCUT2D eigenvalue weighted by atomic mass is 32.1. The van der Waals surface area contributed by atoms with E-state index in [9.17, 15) is 9.59 Å². The fourth-order valence-corrected chi connectivity index (χ4v) is 2.79. The first-order valence-corrected chi connectivity index (χ1v) is 6.96. The van der Waals surface area contributed by atoms with Crippen LogP contribution in [-0.4, -0.2) is 34.6 Å². The SMILES string of the molecule is CN1N=C(C(=O)Nc2nc3ccccc3s2)CCC1=O. The number of nitrogens with one attached hydrogen (secondary N) is 1. The second-order valence-electron chi connectivity index (χ2n) is 4.40. The summed E-state index contributed by atoms with van der Waals surface area (Å²) >= 11 is 1.41. The van der Waals surface area contributed by atoms with Crippen LogP contribution in [0.1, 0.15) is 12.8 Å². The van der Waals surface area contributed by atoms with Crippen LogP contribution in [0.25, 0.3) is 10.2 Å². The Balaban J connectivity index is 1.79. The maximum absolute atomic E-state index is 12.1. The highest BCUT2D eigenvalue weighted by molar-refractivity contribution is 7.22. The molecule has 102 valence electrons. The molecule has 0 radical (unpaired) electrons. The fraction of sp³-hybridized carbons (Fsp3) is 0.231. The minimum Gasteiger partial charge on any atom is -0.297 e. The summed E-state index contributed by atoms with van der Waals surface area (Å²) in [5.74, 6) is -0.384. The number of benzene rings is 1. The number of carbonyl (C=O) groups is 2. The smallest absolute Gasteiger partial charge is 0.273 e. The minimum atomic E-state index is -0.302. The molecule has 0 saturated heterocycles. The lowest BCUT2D eigenvalue weighted by Crippen LogP contribution is -2.34. The molecule has 3 rings (SSSR count). The van der Waals surface area contributed by atoms with Gasteiger partial charge in [0.05, 0.1) is 10.2 Å². The van der Waals surface area contributed by atoms with Crippen molar-refractivity contribution in [2.45, 2.75) is 12.8 Å². The lowest BCUT2D eigenvalue weighted by molar-refractivity contribution is -0.130. The third-order valence-corrected chi connectivity index (χ3v) is 3.94. The lowest BCUT2D eigenvalue weighted by Gasteiger charge is -2.18. The standard InChI is InChI=1S/C13H12N4O2S/c1-17-11(18)7-6-9(16-17)12(19)15-13-14-8-4-2-3-5-10(8)20-13/h2-5H,6-7H2,1H3,(H,14,15,19). The van der Waals surface area contributed by atoms with E-state index in [1.807, 2.05) is 24.3 Å². The molecule has 0 bridgehead atoms. The molecule has 2 heterocycles. The van der Waals surface area contributed by atoms with Crippen LogP contribution in [0.2, 0.25) is 0 Å². The van der Waals surface area contributed by atoms with Crippen molar-refractivity contribution in [1.29, 1.82) is 0 Å². The number of carbonyl (C=O) groups excluding carboxylic acids is 2. The first kappa shape index (κ1) is 12.7. The normalized spacial score (nSPS) is 15.3. The number of rotatable bonds is 2. The Kier molecular flexibility index (Phi) is 3.19. The maximum Gasteiger partial charge on any atom is 0.273 e. The van der Waals surface area contributed by atoms with Crippen LogP contribution in [0.5, 0.6) is 0 Å². The second-order valence-corrected chi connectivity index (χ2v) is 5.44. The lowest BCUT2D eigenvalue weighted by atomic mass is 10.1. The number of aromatic nitrogens is 1. The Bertz CT molecular complexity index is 689. The van der Waals surface area contributed by atoms with E-state index >= 15 is 0 Å². The van der Waals surface area contributed by atoms with Gasteiger partial charge in [-0.15, -0.1) is 0 Å². The monoisotopic (exact) mass is 288 g/mol. The van der Waals surface area contributed by atoms with Crippen LogP contribution in [-0.2, 0) is 9.59 Å². The van der Waals surface area contributed by atoms with Crippen LogP contribution in [0.3, 0.4) is 0 Å².